The summed E-state index contributed by atoms with van der Waals surface area (Å²) in [5, 5.41) is 2.71. The molecule has 0 amide bonds. The molecule has 1 rings (SSSR count). The van der Waals surface area contributed by atoms with Crippen molar-refractivity contribution < 1.29 is 0 Å². The second kappa shape index (κ2) is 3.47. The number of hydrogen-bond acceptors (Lipinski definition) is 3. The van der Waals surface area contributed by atoms with E-state index in [4.69, 9.17) is 0 Å². The highest BCUT2D eigenvalue weighted by Crippen LogP contribution is 1.96. The summed E-state index contributed by atoms with van der Waals surface area (Å²) in [6.07, 6.45) is 0. The van der Waals surface area contributed by atoms with Crippen LogP contribution in [0.4, 0.5) is 5.82 Å². The lowest BCUT2D eigenvalue weighted by atomic mass is 10.4. The van der Waals surface area contributed by atoms with Gasteiger partial charge in [-0.1, -0.05) is 0 Å². The lowest BCUT2D eigenvalue weighted by molar-refractivity contribution is 0.547. The van der Waals surface area contributed by atoms with Crippen molar-refractivity contribution in [3.8, 4) is 0 Å². The number of aromatic nitrogens is 2. The summed E-state index contributed by atoms with van der Waals surface area (Å²) in [6, 6.07) is 1.24. The highest BCUT2D eigenvalue weighted by molar-refractivity contribution is 5.30. The fourth-order valence-electron chi connectivity index (χ4n) is 1.13. The van der Waals surface area contributed by atoms with Gasteiger partial charge in [0, 0.05) is 19.2 Å². The lowest BCUT2D eigenvalue weighted by Gasteiger charge is -2.08. The molecule has 0 spiro atoms. The van der Waals surface area contributed by atoms with E-state index in [1.165, 1.54) is 10.6 Å². The Morgan fingerprint density at radius 2 is 2.08 bits per heavy atom. The van der Waals surface area contributed by atoms with Gasteiger partial charge in [0.1, 0.15) is 5.82 Å². The smallest absolute Gasteiger partial charge is 0.330 e. The molecule has 1 heterocycles. The normalized spacial score (nSPS) is 10.5. The molecular formula is C8H13N3O2. The molecule has 72 valence electrons. The van der Waals surface area contributed by atoms with E-state index in [1.54, 1.807) is 20.9 Å². The van der Waals surface area contributed by atoms with E-state index < -0.39 is 0 Å². The minimum Gasteiger partial charge on any atom is -0.374 e. The van der Waals surface area contributed by atoms with Crippen LogP contribution in [0.5, 0.6) is 0 Å². The highest BCUT2D eigenvalue weighted by atomic mass is 16.2. The van der Waals surface area contributed by atoms with Crippen LogP contribution in [0.2, 0.25) is 0 Å². The maximum atomic E-state index is 11.4. The van der Waals surface area contributed by atoms with Crippen LogP contribution in [0.25, 0.3) is 0 Å². The highest BCUT2D eigenvalue weighted by Gasteiger charge is 2.05. The van der Waals surface area contributed by atoms with Crippen molar-refractivity contribution in [3.05, 3.63) is 26.9 Å². The second-order valence-corrected chi connectivity index (χ2v) is 3.04. The molecule has 0 saturated carbocycles. The van der Waals surface area contributed by atoms with Crippen molar-refractivity contribution in [2.45, 2.75) is 19.9 Å². The van der Waals surface area contributed by atoms with Gasteiger partial charge in [0.2, 0.25) is 0 Å². The Labute approximate surface area is 75.4 Å². The zero-order valence-corrected chi connectivity index (χ0v) is 7.92. The topological polar surface area (TPSA) is 66.9 Å². The first-order valence-electron chi connectivity index (χ1n) is 4.10. The maximum absolute atomic E-state index is 11.4. The first-order chi connectivity index (χ1) is 6.06. The lowest BCUT2D eigenvalue weighted by Crippen LogP contribution is -2.36. The van der Waals surface area contributed by atoms with Crippen molar-refractivity contribution >= 4 is 5.82 Å². The summed E-state index contributed by atoms with van der Waals surface area (Å²) in [4.78, 5) is 25.2. The van der Waals surface area contributed by atoms with Crippen molar-refractivity contribution in [1.29, 1.82) is 0 Å². The molecule has 2 N–H and O–H groups in total. The van der Waals surface area contributed by atoms with Crippen LogP contribution >= 0.6 is 0 Å². The van der Waals surface area contributed by atoms with E-state index in [0.29, 0.717) is 5.82 Å². The average molecular weight is 183 g/mol. The van der Waals surface area contributed by atoms with Gasteiger partial charge in [-0.2, -0.15) is 0 Å². The van der Waals surface area contributed by atoms with Gasteiger partial charge in [-0.05, 0) is 13.8 Å². The Morgan fingerprint density at radius 1 is 1.46 bits per heavy atom. The molecule has 1 aromatic rings. The molecule has 1 aromatic heterocycles. The molecule has 0 radical (unpaired) electrons. The maximum Gasteiger partial charge on any atom is 0.330 e. The average Bonchev–Trinajstić information content (AvgIpc) is 2.02. The molecular weight excluding hydrogens is 170 g/mol. The molecule has 0 atom stereocenters. The summed E-state index contributed by atoms with van der Waals surface area (Å²) >= 11 is 0. The molecule has 5 heteroatoms. The molecule has 0 aromatic carbocycles. The van der Waals surface area contributed by atoms with E-state index in [1.807, 2.05) is 0 Å². The Hall–Kier alpha value is -1.52. The third kappa shape index (κ3) is 1.80. The third-order valence-electron chi connectivity index (χ3n) is 1.75. The zero-order chi connectivity index (χ0) is 10.0. The SMILES string of the molecule is CNc1cc(=O)n(C(C)C)c(=O)[nH]1. The standard InChI is InChI=1S/C8H13N3O2/c1-5(2)11-7(12)4-6(9-3)10-8(11)13/h4-5,9H,1-3H3,(H,10,13). The van der Waals surface area contributed by atoms with E-state index in [-0.39, 0.29) is 17.3 Å². The van der Waals surface area contributed by atoms with Crippen LogP contribution in [0.1, 0.15) is 19.9 Å². The molecule has 0 fully saturated rings. The summed E-state index contributed by atoms with van der Waals surface area (Å²) < 4.78 is 1.17. The van der Waals surface area contributed by atoms with Gasteiger partial charge in [0.15, 0.2) is 0 Å². The predicted molar refractivity (Wildman–Crippen MR) is 51.3 cm³/mol. The number of nitrogens with one attached hydrogen (secondary N) is 2. The first-order valence-corrected chi connectivity index (χ1v) is 4.10. The van der Waals surface area contributed by atoms with Crippen LogP contribution in [-0.4, -0.2) is 16.6 Å². The summed E-state index contributed by atoms with van der Waals surface area (Å²) in [7, 11) is 1.64. The molecule has 0 aliphatic heterocycles. The van der Waals surface area contributed by atoms with Gasteiger partial charge in [-0.25, -0.2) is 4.79 Å². The minimum absolute atomic E-state index is 0.123. The number of anilines is 1. The molecule has 0 aliphatic rings. The number of rotatable bonds is 2. The van der Waals surface area contributed by atoms with Crippen molar-refractivity contribution in [3.63, 3.8) is 0 Å². The Balaban J connectivity index is 3.41. The van der Waals surface area contributed by atoms with Crippen molar-refractivity contribution in [2.75, 3.05) is 12.4 Å². The first kappa shape index (κ1) is 9.57. The molecule has 0 bridgehead atoms. The number of hydrogen-bond donors (Lipinski definition) is 2. The quantitative estimate of drug-likeness (QED) is 0.686. The predicted octanol–water partition coefficient (Wildman–Crippen LogP) is 0.159. The summed E-state index contributed by atoms with van der Waals surface area (Å²) in [6.45, 7) is 3.57. The van der Waals surface area contributed by atoms with Crippen LogP contribution in [-0.2, 0) is 0 Å². The summed E-state index contributed by atoms with van der Waals surface area (Å²) in [5.41, 5.74) is -0.671. The zero-order valence-electron chi connectivity index (χ0n) is 7.92. The Morgan fingerprint density at radius 3 is 2.46 bits per heavy atom. The van der Waals surface area contributed by atoms with Gasteiger partial charge in [-0.3, -0.25) is 14.3 Å². The van der Waals surface area contributed by atoms with Gasteiger partial charge in [-0.15, -0.1) is 0 Å². The van der Waals surface area contributed by atoms with Crippen molar-refractivity contribution in [2.24, 2.45) is 0 Å². The largest absolute Gasteiger partial charge is 0.374 e. The monoisotopic (exact) mass is 183 g/mol. The van der Waals surface area contributed by atoms with Crippen LogP contribution in [0.3, 0.4) is 0 Å². The van der Waals surface area contributed by atoms with E-state index in [2.05, 4.69) is 10.3 Å². The number of aromatic amines is 1. The number of nitrogens with zero attached hydrogens (tertiary/aromatic N) is 1. The van der Waals surface area contributed by atoms with Crippen LogP contribution < -0.4 is 16.6 Å². The third-order valence-corrected chi connectivity index (χ3v) is 1.75. The number of H-pyrrole nitrogens is 1. The Bertz CT molecular complexity index is 371. The minimum atomic E-state index is -0.383. The van der Waals surface area contributed by atoms with Crippen molar-refractivity contribution in [1.82, 2.24) is 9.55 Å². The van der Waals surface area contributed by atoms with Gasteiger partial charge < -0.3 is 5.32 Å². The van der Waals surface area contributed by atoms with Gasteiger partial charge in [0.05, 0.1) is 0 Å². The van der Waals surface area contributed by atoms with E-state index >= 15 is 0 Å². The summed E-state index contributed by atoms with van der Waals surface area (Å²) in [5.74, 6) is 0.437. The van der Waals surface area contributed by atoms with Crippen LogP contribution in [0.15, 0.2) is 15.7 Å². The van der Waals surface area contributed by atoms with Crippen LogP contribution in [0, 0.1) is 0 Å². The van der Waals surface area contributed by atoms with E-state index in [0.717, 1.165) is 0 Å². The molecule has 13 heavy (non-hydrogen) atoms. The second-order valence-electron chi connectivity index (χ2n) is 3.04. The van der Waals surface area contributed by atoms with Gasteiger partial charge >= 0.3 is 5.69 Å². The molecule has 0 aliphatic carbocycles. The Kier molecular flexibility index (Phi) is 2.55. The molecule has 0 saturated heterocycles. The molecule has 0 unspecified atom stereocenters. The van der Waals surface area contributed by atoms with Gasteiger partial charge in [0.25, 0.3) is 5.56 Å². The molecule has 5 nitrogen and oxygen atoms in total. The fourth-order valence-corrected chi connectivity index (χ4v) is 1.13. The van der Waals surface area contributed by atoms with E-state index in [9.17, 15) is 9.59 Å². The fraction of sp³-hybridized carbons (Fsp3) is 0.500.